The van der Waals surface area contributed by atoms with E-state index in [0.717, 1.165) is 25.6 Å². The highest BCUT2D eigenvalue weighted by atomic mass is 16.5. The Balaban J connectivity index is 1.81. The van der Waals surface area contributed by atoms with Gasteiger partial charge in [-0.05, 0) is 19.3 Å². The van der Waals surface area contributed by atoms with Gasteiger partial charge in [0.15, 0.2) is 0 Å². The van der Waals surface area contributed by atoms with E-state index in [1.165, 1.54) is 12.8 Å². The number of carbonyl (C=O) groups is 1. The van der Waals surface area contributed by atoms with E-state index >= 15 is 0 Å². The number of rotatable bonds is 8. The van der Waals surface area contributed by atoms with Gasteiger partial charge in [0.2, 0.25) is 5.91 Å². The highest BCUT2D eigenvalue weighted by molar-refractivity contribution is 5.75. The third kappa shape index (κ3) is 5.94. The van der Waals surface area contributed by atoms with Gasteiger partial charge in [-0.25, -0.2) is 0 Å². The minimum absolute atomic E-state index is 0.125. The summed E-state index contributed by atoms with van der Waals surface area (Å²) < 4.78 is 4.87. The van der Waals surface area contributed by atoms with Crippen molar-refractivity contribution >= 4 is 5.91 Å². The number of hydrogen-bond donors (Lipinski definition) is 2. The quantitative estimate of drug-likeness (QED) is 0.553. The number of ether oxygens (including phenoxy) is 1. The Morgan fingerprint density at radius 1 is 1.43 bits per heavy atom. The average molecular weight is 200 g/mol. The maximum absolute atomic E-state index is 11.2. The van der Waals surface area contributed by atoms with Crippen molar-refractivity contribution in [2.24, 2.45) is 0 Å². The molecule has 1 saturated carbocycles. The monoisotopic (exact) mass is 200 g/mol. The molecule has 1 fully saturated rings. The summed E-state index contributed by atoms with van der Waals surface area (Å²) in [6.07, 6.45) is 3.96. The average Bonchev–Trinajstić information content (AvgIpc) is 2.97. The smallest absolute Gasteiger partial charge is 0.220 e. The van der Waals surface area contributed by atoms with Crippen molar-refractivity contribution in [1.29, 1.82) is 0 Å². The molecule has 0 bridgehead atoms. The molecule has 4 heteroatoms. The zero-order valence-corrected chi connectivity index (χ0v) is 8.84. The first-order chi connectivity index (χ1) is 6.83. The van der Waals surface area contributed by atoms with E-state index in [0.29, 0.717) is 13.0 Å². The SMILES string of the molecule is COCCCC(=O)NCCNC1CC1. The van der Waals surface area contributed by atoms with Crippen molar-refractivity contribution in [2.45, 2.75) is 31.7 Å². The van der Waals surface area contributed by atoms with Gasteiger partial charge in [-0.15, -0.1) is 0 Å². The molecule has 0 atom stereocenters. The van der Waals surface area contributed by atoms with Crippen LogP contribution in [0.15, 0.2) is 0 Å². The van der Waals surface area contributed by atoms with Gasteiger partial charge in [-0.3, -0.25) is 4.79 Å². The molecule has 1 aliphatic carbocycles. The normalized spacial score (nSPS) is 15.5. The van der Waals surface area contributed by atoms with E-state index < -0.39 is 0 Å². The number of hydrogen-bond acceptors (Lipinski definition) is 3. The molecule has 1 aliphatic rings. The van der Waals surface area contributed by atoms with Crippen molar-refractivity contribution in [3.63, 3.8) is 0 Å². The van der Waals surface area contributed by atoms with Gasteiger partial charge in [0, 0.05) is 39.3 Å². The van der Waals surface area contributed by atoms with E-state index in [2.05, 4.69) is 10.6 Å². The molecule has 1 amide bonds. The summed E-state index contributed by atoms with van der Waals surface area (Å²) in [6.45, 7) is 2.29. The molecular weight excluding hydrogens is 180 g/mol. The minimum atomic E-state index is 0.125. The van der Waals surface area contributed by atoms with E-state index in [1.54, 1.807) is 7.11 Å². The summed E-state index contributed by atoms with van der Waals surface area (Å²) in [5.41, 5.74) is 0. The van der Waals surface area contributed by atoms with Crippen molar-refractivity contribution in [3.05, 3.63) is 0 Å². The zero-order chi connectivity index (χ0) is 10.2. The molecule has 0 aromatic rings. The third-order valence-electron chi connectivity index (χ3n) is 2.21. The van der Waals surface area contributed by atoms with Crippen LogP contribution in [-0.4, -0.2) is 38.8 Å². The Hall–Kier alpha value is -0.610. The number of methoxy groups -OCH3 is 1. The van der Waals surface area contributed by atoms with Crippen LogP contribution in [0.4, 0.5) is 0 Å². The van der Waals surface area contributed by atoms with E-state index in [1.807, 2.05) is 0 Å². The first kappa shape index (κ1) is 11.5. The van der Waals surface area contributed by atoms with Crippen LogP contribution in [0.1, 0.15) is 25.7 Å². The van der Waals surface area contributed by atoms with Crippen LogP contribution in [0, 0.1) is 0 Å². The first-order valence-corrected chi connectivity index (χ1v) is 5.32. The van der Waals surface area contributed by atoms with Crippen molar-refractivity contribution in [3.8, 4) is 0 Å². The summed E-state index contributed by atoms with van der Waals surface area (Å²) in [6, 6.07) is 0.723. The highest BCUT2D eigenvalue weighted by Crippen LogP contribution is 2.17. The Kier molecular flexibility index (Phi) is 5.56. The molecule has 0 radical (unpaired) electrons. The van der Waals surface area contributed by atoms with Crippen LogP contribution in [-0.2, 0) is 9.53 Å². The lowest BCUT2D eigenvalue weighted by Crippen LogP contribution is -2.32. The van der Waals surface area contributed by atoms with Crippen LogP contribution < -0.4 is 10.6 Å². The van der Waals surface area contributed by atoms with Gasteiger partial charge in [-0.1, -0.05) is 0 Å². The van der Waals surface area contributed by atoms with Gasteiger partial charge in [0.05, 0.1) is 0 Å². The molecule has 14 heavy (non-hydrogen) atoms. The number of carbonyl (C=O) groups excluding carboxylic acids is 1. The fourth-order valence-corrected chi connectivity index (χ4v) is 1.23. The summed E-state index contributed by atoms with van der Waals surface area (Å²) in [5, 5.41) is 6.21. The summed E-state index contributed by atoms with van der Waals surface area (Å²) in [5.74, 6) is 0.125. The molecule has 0 spiro atoms. The summed E-state index contributed by atoms with van der Waals surface area (Å²) in [4.78, 5) is 11.2. The fourth-order valence-electron chi connectivity index (χ4n) is 1.23. The Labute approximate surface area is 85.4 Å². The van der Waals surface area contributed by atoms with Crippen molar-refractivity contribution in [1.82, 2.24) is 10.6 Å². The molecule has 0 aliphatic heterocycles. The maximum Gasteiger partial charge on any atom is 0.220 e. The lowest BCUT2D eigenvalue weighted by Gasteiger charge is -2.05. The Morgan fingerprint density at radius 2 is 2.21 bits per heavy atom. The molecule has 0 unspecified atom stereocenters. The zero-order valence-electron chi connectivity index (χ0n) is 8.84. The molecule has 82 valence electrons. The largest absolute Gasteiger partial charge is 0.385 e. The minimum Gasteiger partial charge on any atom is -0.385 e. The fraction of sp³-hybridized carbons (Fsp3) is 0.900. The number of amides is 1. The van der Waals surface area contributed by atoms with E-state index in [4.69, 9.17) is 4.74 Å². The third-order valence-corrected chi connectivity index (χ3v) is 2.21. The Bertz CT molecular complexity index is 170. The maximum atomic E-state index is 11.2. The predicted octanol–water partition coefficient (Wildman–Crippen LogP) is 0.281. The van der Waals surface area contributed by atoms with Gasteiger partial charge in [0.1, 0.15) is 0 Å². The summed E-state index contributed by atoms with van der Waals surface area (Å²) >= 11 is 0. The second-order valence-corrected chi connectivity index (χ2v) is 3.67. The van der Waals surface area contributed by atoms with Gasteiger partial charge >= 0.3 is 0 Å². The standard InChI is InChI=1S/C10H20N2O2/c1-14-8-2-3-10(13)12-7-6-11-9-4-5-9/h9,11H,2-8H2,1H3,(H,12,13). The second-order valence-electron chi connectivity index (χ2n) is 3.67. The van der Waals surface area contributed by atoms with Crippen LogP contribution in [0.2, 0.25) is 0 Å². The molecule has 0 aromatic heterocycles. The topological polar surface area (TPSA) is 50.4 Å². The molecule has 2 N–H and O–H groups in total. The van der Waals surface area contributed by atoms with E-state index in [-0.39, 0.29) is 5.91 Å². The van der Waals surface area contributed by atoms with E-state index in [9.17, 15) is 4.79 Å². The Morgan fingerprint density at radius 3 is 2.86 bits per heavy atom. The predicted molar refractivity (Wildman–Crippen MR) is 55.1 cm³/mol. The van der Waals surface area contributed by atoms with Crippen LogP contribution >= 0.6 is 0 Å². The molecular formula is C10H20N2O2. The lowest BCUT2D eigenvalue weighted by molar-refractivity contribution is -0.121. The molecule has 0 aromatic carbocycles. The van der Waals surface area contributed by atoms with Crippen molar-refractivity contribution < 1.29 is 9.53 Å². The molecule has 0 saturated heterocycles. The highest BCUT2D eigenvalue weighted by Gasteiger charge is 2.19. The van der Waals surface area contributed by atoms with Gasteiger partial charge in [-0.2, -0.15) is 0 Å². The summed E-state index contributed by atoms with van der Waals surface area (Å²) in [7, 11) is 1.65. The van der Waals surface area contributed by atoms with Crippen LogP contribution in [0.5, 0.6) is 0 Å². The van der Waals surface area contributed by atoms with Crippen molar-refractivity contribution in [2.75, 3.05) is 26.8 Å². The molecule has 1 rings (SSSR count). The second kappa shape index (κ2) is 6.79. The van der Waals surface area contributed by atoms with Gasteiger partial charge < -0.3 is 15.4 Å². The first-order valence-electron chi connectivity index (χ1n) is 5.32. The molecule has 0 heterocycles. The van der Waals surface area contributed by atoms with Gasteiger partial charge in [0.25, 0.3) is 0 Å². The number of nitrogens with one attached hydrogen (secondary N) is 2. The van der Waals surface area contributed by atoms with Crippen LogP contribution in [0.3, 0.4) is 0 Å². The lowest BCUT2D eigenvalue weighted by atomic mass is 10.3. The molecule has 4 nitrogen and oxygen atoms in total. The van der Waals surface area contributed by atoms with Crippen LogP contribution in [0.25, 0.3) is 0 Å².